The highest BCUT2D eigenvalue weighted by Crippen LogP contribution is 2.22. The first-order chi connectivity index (χ1) is 9.50. The summed E-state index contributed by atoms with van der Waals surface area (Å²) >= 11 is 0. The molecule has 1 aromatic carbocycles. The van der Waals surface area contributed by atoms with Gasteiger partial charge in [-0.25, -0.2) is 13.1 Å². The lowest BCUT2D eigenvalue weighted by Crippen LogP contribution is -2.36. The fourth-order valence-corrected chi connectivity index (χ4v) is 3.02. The van der Waals surface area contributed by atoms with E-state index in [2.05, 4.69) is 23.5 Å². The van der Waals surface area contributed by atoms with Crippen LogP contribution in [0.3, 0.4) is 0 Å². The Bertz CT molecular complexity index is 496. The van der Waals surface area contributed by atoms with Crippen molar-refractivity contribution in [1.29, 1.82) is 0 Å². The largest absolute Gasteiger partial charge is 0.395 e. The molecule has 0 saturated carbocycles. The minimum absolute atomic E-state index is 0.0765. The van der Waals surface area contributed by atoms with Crippen LogP contribution in [-0.4, -0.2) is 39.8 Å². The van der Waals surface area contributed by atoms with Crippen molar-refractivity contribution in [1.82, 2.24) is 4.72 Å². The van der Waals surface area contributed by atoms with Gasteiger partial charge in [-0.2, -0.15) is 0 Å². The third-order valence-electron chi connectivity index (χ3n) is 3.47. The van der Waals surface area contributed by atoms with Gasteiger partial charge in [-0.05, 0) is 44.2 Å². The van der Waals surface area contributed by atoms with E-state index >= 15 is 0 Å². The molecular formula is C14H24N2O3S. The smallest absolute Gasteiger partial charge is 0.240 e. The molecule has 0 fully saturated rings. The molecular weight excluding hydrogens is 276 g/mol. The van der Waals surface area contributed by atoms with E-state index in [-0.39, 0.29) is 11.5 Å². The fraction of sp³-hybridized carbons (Fsp3) is 0.571. The minimum Gasteiger partial charge on any atom is -0.395 e. The number of anilines is 1. The second kappa shape index (κ2) is 7.61. The first kappa shape index (κ1) is 16.9. The van der Waals surface area contributed by atoms with Gasteiger partial charge in [-0.15, -0.1) is 0 Å². The molecule has 1 rings (SSSR count). The molecule has 0 aliphatic rings. The van der Waals surface area contributed by atoms with Crippen LogP contribution in [0.5, 0.6) is 0 Å². The van der Waals surface area contributed by atoms with Crippen molar-refractivity contribution in [2.45, 2.75) is 37.6 Å². The number of nitrogens with zero attached hydrogens (tertiary/aromatic N) is 1. The summed E-state index contributed by atoms with van der Waals surface area (Å²) in [5.41, 5.74) is 0.933. The molecule has 0 unspecified atom stereocenters. The van der Waals surface area contributed by atoms with E-state index in [0.717, 1.165) is 18.5 Å². The molecule has 6 heteroatoms. The lowest BCUT2D eigenvalue weighted by Gasteiger charge is -2.32. The summed E-state index contributed by atoms with van der Waals surface area (Å²) in [4.78, 5) is 2.37. The molecule has 0 saturated heterocycles. The minimum atomic E-state index is -3.40. The Labute approximate surface area is 121 Å². The average molecular weight is 300 g/mol. The molecule has 0 atom stereocenters. The number of rotatable bonds is 8. The van der Waals surface area contributed by atoms with Crippen molar-refractivity contribution in [3.63, 3.8) is 0 Å². The van der Waals surface area contributed by atoms with E-state index < -0.39 is 10.0 Å². The van der Waals surface area contributed by atoms with Gasteiger partial charge in [0.1, 0.15) is 0 Å². The maximum absolute atomic E-state index is 11.7. The number of aliphatic hydroxyl groups is 1. The molecule has 1 aromatic rings. The van der Waals surface area contributed by atoms with E-state index in [1.54, 1.807) is 24.3 Å². The van der Waals surface area contributed by atoms with E-state index in [9.17, 15) is 13.5 Å². The van der Waals surface area contributed by atoms with E-state index in [4.69, 9.17) is 0 Å². The lowest BCUT2D eigenvalue weighted by molar-refractivity contribution is 0.296. The van der Waals surface area contributed by atoms with Crippen molar-refractivity contribution in [2.75, 3.05) is 25.1 Å². The van der Waals surface area contributed by atoms with E-state index in [1.165, 1.54) is 7.05 Å². The Balaban J connectivity index is 3.05. The topological polar surface area (TPSA) is 69.6 Å². The van der Waals surface area contributed by atoms with Gasteiger partial charge in [0.25, 0.3) is 0 Å². The second-order valence-corrected chi connectivity index (χ2v) is 6.48. The number of hydrogen-bond donors (Lipinski definition) is 2. The maximum Gasteiger partial charge on any atom is 0.240 e. The number of hydrogen-bond acceptors (Lipinski definition) is 4. The van der Waals surface area contributed by atoms with Gasteiger partial charge < -0.3 is 10.0 Å². The number of benzene rings is 1. The summed E-state index contributed by atoms with van der Waals surface area (Å²) in [7, 11) is -2.01. The molecule has 5 nitrogen and oxygen atoms in total. The van der Waals surface area contributed by atoms with Crippen LogP contribution in [0.2, 0.25) is 0 Å². The summed E-state index contributed by atoms with van der Waals surface area (Å²) < 4.78 is 25.7. The van der Waals surface area contributed by atoms with Crippen LogP contribution >= 0.6 is 0 Å². The van der Waals surface area contributed by atoms with Crippen LogP contribution in [0, 0.1) is 0 Å². The Morgan fingerprint density at radius 2 is 1.75 bits per heavy atom. The zero-order valence-corrected chi connectivity index (χ0v) is 13.2. The predicted molar refractivity (Wildman–Crippen MR) is 81.5 cm³/mol. The SMILES string of the molecule is CCC(CC)N(CCO)c1ccc(S(=O)(=O)NC)cc1. The summed E-state index contributed by atoms with van der Waals surface area (Å²) in [6, 6.07) is 7.10. The molecule has 0 aliphatic heterocycles. The second-order valence-electron chi connectivity index (χ2n) is 4.59. The quantitative estimate of drug-likeness (QED) is 0.765. The number of nitrogens with one attached hydrogen (secondary N) is 1. The Morgan fingerprint density at radius 3 is 2.15 bits per heavy atom. The van der Waals surface area contributed by atoms with Crippen LogP contribution in [-0.2, 0) is 10.0 Å². The Hall–Kier alpha value is -1.11. The number of sulfonamides is 1. The van der Waals surface area contributed by atoms with Crippen LogP contribution in [0.4, 0.5) is 5.69 Å². The van der Waals surface area contributed by atoms with Gasteiger partial charge >= 0.3 is 0 Å². The van der Waals surface area contributed by atoms with Crippen molar-refractivity contribution >= 4 is 15.7 Å². The molecule has 0 amide bonds. The van der Waals surface area contributed by atoms with Crippen molar-refractivity contribution in [3.05, 3.63) is 24.3 Å². The van der Waals surface area contributed by atoms with Gasteiger partial charge in [0.2, 0.25) is 10.0 Å². The monoisotopic (exact) mass is 300 g/mol. The summed E-state index contributed by atoms with van der Waals surface area (Å²) in [6.45, 7) is 4.84. The fourth-order valence-electron chi connectivity index (χ4n) is 2.29. The van der Waals surface area contributed by atoms with Crippen LogP contribution in [0.25, 0.3) is 0 Å². The number of aliphatic hydroxyl groups excluding tert-OH is 1. The van der Waals surface area contributed by atoms with Crippen molar-refractivity contribution in [3.8, 4) is 0 Å². The summed E-state index contributed by atoms with van der Waals surface area (Å²) in [5, 5.41) is 9.21. The Kier molecular flexibility index (Phi) is 6.45. The summed E-state index contributed by atoms with van der Waals surface area (Å²) in [5.74, 6) is 0. The molecule has 0 heterocycles. The van der Waals surface area contributed by atoms with Gasteiger partial charge in [0.05, 0.1) is 11.5 Å². The van der Waals surface area contributed by atoms with Gasteiger partial charge in [-0.1, -0.05) is 13.8 Å². The molecule has 0 aromatic heterocycles. The van der Waals surface area contributed by atoms with Crippen molar-refractivity contribution in [2.24, 2.45) is 0 Å². The highest BCUT2D eigenvalue weighted by molar-refractivity contribution is 7.89. The van der Waals surface area contributed by atoms with Crippen LogP contribution < -0.4 is 9.62 Å². The highest BCUT2D eigenvalue weighted by atomic mass is 32.2. The standard InChI is InChI=1S/C14H24N2O3S/c1-4-12(5-2)16(10-11-17)13-6-8-14(9-7-13)20(18,19)15-3/h6-9,12,15,17H,4-5,10-11H2,1-3H3. The molecule has 114 valence electrons. The normalized spacial score (nSPS) is 11.8. The zero-order chi connectivity index (χ0) is 15.2. The predicted octanol–water partition coefficient (Wildman–Crippen LogP) is 1.58. The zero-order valence-electron chi connectivity index (χ0n) is 12.3. The third-order valence-corrected chi connectivity index (χ3v) is 4.90. The van der Waals surface area contributed by atoms with Gasteiger partial charge in [-0.3, -0.25) is 0 Å². The molecule has 0 radical (unpaired) electrons. The molecule has 0 bridgehead atoms. The highest BCUT2D eigenvalue weighted by Gasteiger charge is 2.17. The summed E-state index contributed by atoms with van der Waals surface area (Å²) in [6.07, 6.45) is 1.96. The lowest BCUT2D eigenvalue weighted by atomic mass is 10.1. The molecule has 0 aliphatic carbocycles. The Morgan fingerprint density at radius 1 is 1.20 bits per heavy atom. The van der Waals surface area contributed by atoms with Crippen LogP contribution in [0.1, 0.15) is 26.7 Å². The molecule has 2 N–H and O–H groups in total. The first-order valence-corrected chi connectivity index (χ1v) is 8.39. The first-order valence-electron chi connectivity index (χ1n) is 6.91. The average Bonchev–Trinajstić information content (AvgIpc) is 2.47. The van der Waals surface area contributed by atoms with E-state index in [0.29, 0.717) is 12.6 Å². The third kappa shape index (κ3) is 3.94. The van der Waals surface area contributed by atoms with Gasteiger partial charge in [0.15, 0.2) is 0 Å². The van der Waals surface area contributed by atoms with Gasteiger partial charge in [0, 0.05) is 18.3 Å². The maximum atomic E-state index is 11.7. The molecule has 20 heavy (non-hydrogen) atoms. The van der Waals surface area contributed by atoms with Crippen LogP contribution in [0.15, 0.2) is 29.2 Å². The van der Waals surface area contributed by atoms with Crippen molar-refractivity contribution < 1.29 is 13.5 Å². The molecule has 0 spiro atoms. The van der Waals surface area contributed by atoms with E-state index in [1.807, 2.05) is 0 Å².